The van der Waals surface area contributed by atoms with Gasteiger partial charge in [0.15, 0.2) is 11.8 Å². The molecule has 4 N–H and O–H groups in total. The number of hydrogen-bond acceptors (Lipinski definition) is 5. The first-order chi connectivity index (χ1) is 14.8. The first-order valence-electron chi connectivity index (χ1n) is 9.42. The molecule has 0 aliphatic heterocycles. The molecule has 3 rings (SSSR count). The number of carboxylic acids is 2. The van der Waals surface area contributed by atoms with Gasteiger partial charge in [-0.15, -0.1) is 0 Å². The molecule has 1 heterocycles. The lowest BCUT2D eigenvalue weighted by Gasteiger charge is -2.22. The van der Waals surface area contributed by atoms with E-state index >= 15 is 0 Å². The molecule has 0 aliphatic carbocycles. The highest BCUT2D eigenvalue weighted by molar-refractivity contribution is 5.95. The molecule has 0 saturated carbocycles. The normalized spacial score (nSPS) is 12.7. The summed E-state index contributed by atoms with van der Waals surface area (Å²) in [6.45, 7) is 1.78. The van der Waals surface area contributed by atoms with E-state index in [0.29, 0.717) is 5.69 Å². The summed E-state index contributed by atoms with van der Waals surface area (Å²) in [5.74, 6) is -3.19. The highest BCUT2D eigenvalue weighted by Gasteiger charge is 2.28. The zero-order valence-electron chi connectivity index (χ0n) is 16.6. The smallest absolute Gasteiger partial charge is 0.356 e. The van der Waals surface area contributed by atoms with Crippen molar-refractivity contribution >= 4 is 17.8 Å². The number of carbonyl (C=O) groups is 3. The maximum Gasteiger partial charge on any atom is 0.356 e. The fourth-order valence-electron chi connectivity index (χ4n) is 3.10. The van der Waals surface area contributed by atoms with Crippen LogP contribution >= 0.6 is 0 Å². The van der Waals surface area contributed by atoms with Gasteiger partial charge in [-0.1, -0.05) is 36.4 Å². The molecule has 0 radical (unpaired) electrons. The van der Waals surface area contributed by atoms with Crippen molar-refractivity contribution < 1.29 is 29.7 Å². The monoisotopic (exact) mass is 423 g/mol. The van der Waals surface area contributed by atoms with Crippen LogP contribution in [0, 0.1) is 6.92 Å². The Hall–Kier alpha value is -3.98. The zero-order chi connectivity index (χ0) is 22.5. The second-order valence-corrected chi connectivity index (χ2v) is 7.00. The Kier molecular flexibility index (Phi) is 6.46. The van der Waals surface area contributed by atoms with Crippen molar-refractivity contribution in [3.8, 4) is 5.69 Å². The first-order valence-corrected chi connectivity index (χ1v) is 9.42. The van der Waals surface area contributed by atoms with Crippen LogP contribution in [0.2, 0.25) is 0 Å². The highest BCUT2D eigenvalue weighted by atomic mass is 16.4. The number of amides is 1. The molecule has 3 aromatic rings. The molecule has 0 fully saturated rings. The molecule has 2 unspecified atom stereocenters. The lowest BCUT2D eigenvalue weighted by molar-refractivity contribution is -0.148. The van der Waals surface area contributed by atoms with Crippen molar-refractivity contribution in [1.29, 1.82) is 0 Å². The standard InChI is InChI=1S/C22H21N3O6/c1-13-7-8-15(12-18(13)25-10-9-16(24-25)21(28)29)20(27)23-17(19(26)22(30)31)11-14-5-3-2-4-6-14/h2-10,12,17,19,26H,11H2,1H3,(H,23,27)(H,28,29)(H,30,31). The number of benzene rings is 2. The summed E-state index contributed by atoms with van der Waals surface area (Å²) in [4.78, 5) is 35.3. The molecule has 0 bridgehead atoms. The fraction of sp³-hybridized carbons (Fsp3) is 0.182. The molecule has 9 nitrogen and oxygen atoms in total. The maximum atomic E-state index is 12.8. The van der Waals surface area contributed by atoms with E-state index in [1.54, 1.807) is 43.3 Å². The molecule has 2 atom stereocenters. The number of carbonyl (C=O) groups excluding carboxylic acids is 1. The highest BCUT2D eigenvalue weighted by Crippen LogP contribution is 2.17. The maximum absolute atomic E-state index is 12.8. The van der Waals surface area contributed by atoms with E-state index in [4.69, 9.17) is 5.11 Å². The van der Waals surface area contributed by atoms with E-state index < -0.39 is 30.0 Å². The van der Waals surface area contributed by atoms with E-state index in [9.17, 15) is 24.6 Å². The van der Waals surface area contributed by atoms with Crippen LogP contribution in [0.15, 0.2) is 60.8 Å². The molecule has 31 heavy (non-hydrogen) atoms. The molecule has 1 aromatic heterocycles. The van der Waals surface area contributed by atoms with Crippen LogP contribution in [-0.4, -0.2) is 55.1 Å². The number of nitrogens with one attached hydrogen (secondary N) is 1. The predicted molar refractivity (Wildman–Crippen MR) is 110 cm³/mol. The van der Waals surface area contributed by atoms with Crippen molar-refractivity contribution in [1.82, 2.24) is 15.1 Å². The van der Waals surface area contributed by atoms with E-state index in [2.05, 4.69) is 10.4 Å². The summed E-state index contributed by atoms with van der Waals surface area (Å²) in [7, 11) is 0. The third-order valence-electron chi connectivity index (χ3n) is 4.78. The average molecular weight is 423 g/mol. The van der Waals surface area contributed by atoms with Crippen LogP contribution in [0.25, 0.3) is 5.69 Å². The number of aliphatic carboxylic acids is 1. The first kappa shape index (κ1) is 21.7. The molecule has 0 saturated heterocycles. The fourth-order valence-corrected chi connectivity index (χ4v) is 3.10. The van der Waals surface area contributed by atoms with Gasteiger partial charge in [0.2, 0.25) is 0 Å². The van der Waals surface area contributed by atoms with E-state index in [-0.39, 0.29) is 17.7 Å². The quantitative estimate of drug-likeness (QED) is 0.432. The number of aromatic carboxylic acids is 1. The minimum Gasteiger partial charge on any atom is -0.479 e. The van der Waals surface area contributed by atoms with Gasteiger partial charge in [-0.3, -0.25) is 4.79 Å². The SMILES string of the molecule is Cc1ccc(C(=O)NC(Cc2ccccc2)C(O)C(=O)O)cc1-n1ccc(C(=O)O)n1. The van der Waals surface area contributed by atoms with Crippen LogP contribution in [0.1, 0.15) is 32.0 Å². The van der Waals surface area contributed by atoms with Gasteiger partial charge in [-0.25, -0.2) is 14.3 Å². The number of aromatic nitrogens is 2. The Morgan fingerprint density at radius 1 is 1.06 bits per heavy atom. The number of aryl methyl sites for hydroxylation is 1. The van der Waals surface area contributed by atoms with Crippen LogP contribution in [-0.2, 0) is 11.2 Å². The van der Waals surface area contributed by atoms with Gasteiger partial charge < -0.3 is 20.6 Å². The summed E-state index contributed by atoms with van der Waals surface area (Å²) in [5.41, 5.74) is 2.09. The Morgan fingerprint density at radius 2 is 1.77 bits per heavy atom. The summed E-state index contributed by atoms with van der Waals surface area (Å²) in [6, 6.07) is 14.0. The molecule has 9 heteroatoms. The lowest BCUT2D eigenvalue weighted by atomic mass is 10.0. The van der Waals surface area contributed by atoms with Crippen molar-refractivity contribution in [3.05, 3.63) is 83.2 Å². The number of carboxylic acid groups (broad SMARTS) is 2. The van der Waals surface area contributed by atoms with Gasteiger partial charge in [0.25, 0.3) is 5.91 Å². The minimum absolute atomic E-state index is 0.125. The van der Waals surface area contributed by atoms with Crippen LogP contribution in [0.4, 0.5) is 0 Å². The van der Waals surface area contributed by atoms with Crippen molar-refractivity contribution in [2.75, 3.05) is 0 Å². The molecular weight excluding hydrogens is 402 g/mol. The molecule has 1 amide bonds. The van der Waals surface area contributed by atoms with Gasteiger partial charge in [0.05, 0.1) is 11.7 Å². The largest absolute Gasteiger partial charge is 0.479 e. The van der Waals surface area contributed by atoms with Crippen LogP contribution in [0.5, 0.6) is 0 Å². The third kappa shape index (κ3) is 5.14. The van der Waals surface area contributed by atoms with Gasteiger partial charge in [0, 0.05) is 11.8 Å². The Morgan fingerprint density at radius 3 is 2.39 bits per heavy atom. The van der Waals surface area contributed by atoms with E-state index in [0.717, 1.165) is 11.1 Å². The number of aliphatic hydroxyl groups excluding tert-OH is 1. The van der Waals surface area contributed by atoms with Gasteiger partial charge in [0.1, 0.15) is 0 Å². The summed E-state index contributed by atoms with van der Waals surface area (Å²) in [5, 5.41) is 35.0. The van der Waals surface area contributed by atoms with Crippen LogP contribution < -0.4 is 5.32 Å². The summed E-state index contributed by atoms with van der Waals surface area (Å²) >= 11 is 0. The number of rotatable bonds is 8. The Balaban J connectivity index is 1.86. The molecule has 0 spiro atoms. The van der Waals surface area contributed by atoms with Crippen molar-refractivity contribution in [3.63, 3.8) is 0 Å². The lowest BCUT2D eigenvalue weighted by Crippen LogP contribution is -2.48. The molecular formula is C22H21N3O6. The molecule has 160 valence electrons. The second kappa shape index (κ2) is 9.23. The predicted octanol–water partition coefficient (Wildman–Crippen LogP) is 1.67. The topological polar surface area (TPSA) is 142 Å². The second-order valence-electron chi connectivity index (χ2n) is 7.00. The van der Waals surface area contributed by atoms with Crippen LogP contribution in [0.3, 0.4) is 0 Å². The number of hydrogen-bond donors (Lipinski definition) is 4. The van der Waals surface area contributed by atoms with Crippen molar-refractivity contribution in [2.24, 2.45) is 0 Å². The zero-order valence-corrected chi connectivity index (χ0v) is 16.6. The van der Waals surface area contributed by atoms with E-state index in [1.165, 1.54) is 23.0 Å². The summed E-state index contributed by atoms with van der Waals surface area (Å²) in [6.07, 6.45) is -0.196. The van der Waals surface area contributed by atoms with Gasteiger partial charge in [-0.05, 0) is 42.7 Å². The number of aliphatic hydroxyl groups is 1. The molecule has 2 aromatic carbocycles. The van der Waals surface area contributed by atoms with Gasteiger partial charge >= 0.3 is 11.9 Å². The van der Waals surface area contributed by atoms with Crippen molar-refractivity contribution in [2.45, 2.75) is 25.5 Å². The minimum atomic E-state index is -1.79. The molecule has 0 aliphatic rings. The summed E-state index contributed by atoms with van der Waals surface area (Å²) < 4.78 is 1.35. The number of nitrogens with zero attached hydrogens (tertiary/aromatic N) is 2. The van der Waals surface area contributed by atoms with Gasteiger partial charge in [-0.2, -0.15) is 5.10 Å². The average Bonchev–Trinajstić information content (AvgIpc) is 3.24. The Bertz CT molecular complexity index is 1110. The third-order valence-corrected chi connectivity index (χ3v) is 4.78. The van der Waals surface area contributed by atoms with E-state index in [1.807, 2.05) is 6.07 Å². The Labute approximate surface area is 177 Å².